The molecule has 1 heterocycles. The summed E-state index contributed by atoms with van der Waals surface area (Å²) >= 11 is 0. The number of hydrogen-bond donors (Lipinski definition) is 0. The van der Waals surface area contributed by atoms with Gasteiger partial charge in [0.2, 0.25) is 11.8 Å². The molecule has 0 aromatic rings. The zero-order chi connectivity index (χ0) is 16.7. The van der Waals surface area contributed by atoms with Crippen molar-refractivity contribution in [1.29, 1.82) is 0 Å². The molecule has 0 radical (unpaired) electrons. The molecule has 4 nitrogen and oxygen atoms in total. The maximum absolute atomic E-state index is 13.1. The Hall–Kier alpha value is -1.06. The van der Waals surface area contributed by atoms with Crippen LogP contribution in [0.15, 0.2) is 0 Å². The highest BCUT2D eigenvalue weighted by Gasteiger charge is 2.47. The molecule has 4 rings (SSSR count). The first-order valence-corrected chi connectivity index (χ1v) is 10.2. The van der Waals surface area contributed by atoms with Crippen molar-refractivity contribution in [1.82, 2.24) is 9.80 Å². The van der Waals surface area contributed by atoms with E-state index in [1.54, 1.807) is 6.92 Å². The van der Waals surface area contributed by atoms with Gasteiger partial charge in [-0.25, -0.2) is 0 Å². The number of hydrogen-bond acceptors (Lipinski definition) is 2. The smallest absolute Gasteiger partial charge is 0.226 e. The molecule has 4 fully saturated rings. The molecule has 3 saturated carbocycles. The van der Waals surface area contributed by atoms with Crippen molar-refractivity contribution in [3.63, 3.8) is 0 Å². The van der Waals surface area contributed by atoms with E-state index in [1.807, 2.05) is 0 Å². The summed E-state index contributed by atoms with van der Waals surface area (Å²) in [7, 11) is 0. The van der Waals surface area contributed by atoms with E-state index in [1.165, 1.54) is 44.9 Å². The van der Waals surface area contributed by atoms with Gasteiger partial charge in [0.1, 0.15) is 0 Å². The van der Waals surface area contributed by atoms with Gasteiger partial charge in [-0.3, -0.25) is 9.59 Å². The highest BCUT2D eigenvalue weighted by atomic mass is 16.2. The molecule has 2 amide bonds. The van der Waals surface area contributed by atoms with Crippen LogP contribution in [0.25, 0.3) is 0 Å². The largest absolute Gasteiger partial charge is 0.342 e. The first kappa shape index (κ1) is 16.4. The van der Waals surface area contributed by atoms with Crippen LogP contribution >= 0.6 is 0 Å². The summed E-state index contributed by atoms with van der Waals surface area (Å²) < 4.78 is 0. The number of rotatable bonds is 5. The second kappa shape index (κ2) is 6.68. The molecule has 4 heteroatoms. The minimum atomic E-state index is 0.235. The zero-order valence-electron chi connectivity index (χ0n) is 15.1. The minimum absolute atomic E-state index is 0.235. The molecule has 1 saturated heterocycles. The lowest BCUT2D eigenvalue weighted by Crippen LogP contribution is -2.49. The van der Waals surface area contributed by atoms with Crippen LogP contribution in [0.3, 0.4) is 0 Å². The average Bonchev–Trinajstić information content (AvgIpc) is 3.37. The maximum Gasteiger partial charge on any atom is 0.226 e. The van der Waals surface area contributed by atoms with Crippen molar-refractivity contribution in [2.45, 2.75) is 83.2 Å². The summed E-state index contributed by atoms with van der Waals surface area (Å²) in [5.41, 5.74) is 0. The predicted molar refractivity (Wildman–Crippen MR) is 93.3 cm³/mol. The quantitative estimate of drug-likeness (QED) is 0.776. The van der Waals surface area contributed by atoms with E-state index in [9.17, 15) is 9.59 Å². The first-order chi connectivity index (χ1) is 11.6. The number of carbonyl (C=O) groups excluding carboxylic acids is 2. The molecular weight excluding hydrogens is 300 g/mol. The van der Waals surface area contributed by atoms with Gasteiger partial charge in [-0.15, -0.1) is 0 Å². The molecule has 0 N–H and O–H groups in total. The normalized spacial score (nSPS) is 28.4. The average molecular weight is 332 g/mol. The molecule has 0 unspecified atom stereocenters. The molecule has 1 aliphatic heterocycles. The maximum atomic E-state index is 13.1. The van der Waals surface area contributed by atoms with Crippen molar-refractivity contribution < 1.29 is 9.59 Å². The molecule has 3 aliphatic carbocycles. The van der Waals surface area contributed by atoms with Gasteiger partial charge in [0, 0.05) is 38.0 Å². The summed E-state index contributed by atoms with van der Waals surface area (Å²) in [6.07, 6.45) is 11.8. The fraction of sp³-hybridized carbons (Fsp3) is 0.900. The van der Waals surface area contributed by atoms with E-state index in [2.05, 4.69) is 9.80 Å². The number of carbonyl (C=O) groups is 2. The van der Waals surface area contributed by atoms with Gasteiger partial charge in [-0.1, -0.05) is 0 Å². The zero-order valence-corrected chi connectivity index (χ0v) is 15.1. The monoisotopic (exact) mass is 332 g/mol. The third-order valence-electron chi connectivity index (χ3n) is 6.78. The highest BCUT2D eigenvalue weighted by Crippen LogP contribution is 2.50. The van der Waals surface area contributed by atoms with Crippen molar-refractivity contribution >= 4 is 11.8 Å². The Kier molecular flexibility index (Phi) is 4.57. The fourth-order valence-corrected chi connectivity index (χ4v) is 4.96. The molecule has 4 aliphatic rings. The van der Waals surface area contributed by atoms with Crippen LogP contribution in [-0.2, 0) is 9.59 Å². The van der Waals surface area contributed by atoms with E-state index in [0.29, 0.717) is 35.7 Å². The Morgan fingerprint density at radius 1 is 0.833 bits per heavy atom. The Balaban J connectivity index is 1.38. The van der Waals surface area contributed by atoms with E-state index in [0.717, 1.165) is 32.4 Å². The van der Waals surface area contributed by atoms with E-state index >= 15 is 0 Å². The Morgan fingerprint density at radius 3 is 1.92 bits per heavy atom. The fourth-order valence-electron chi connectivity index (χ4n) is 4.96. The molecule has 0 spiro atoms. The van der Waals surface area contributed by atoms with Crippen LogP contribution in [0.2, 0.25) is 0 Å². The molecule has 0 aromatic heterocycles. The number of likely N-dealkylation sites (tertiary alicyclic amines) is 1. The molecule has 24 heavy (non-hydrogen) atoms. The van der Waals surface area contributed by atoms with E-state index in [-0.39, 0.29) is 5.91 Å². The Labute approximate surface area is 145 Å². The van der Waals surface area contributed by atoms with Crippen LogP contribution in [0, 0.1) is 17.8 Å². The van der Waals surface area contributed by atoms with Crippen LogP contribution in [-0.4, -0.2) is 46.8 Å². The number of nitrogens with zero attached hydrogens (tertiary/aromatic N) is 2. The second-order valence-corrected chi connectivity index (χ2v) is 8.62. The van der Waals surface area contributed by atoms with Gasteiger partial charge < -0.3 is 9.80 Å². The van der Waals surface area contributed by atoms with Crippen LogP contribution < -0.4 is 0 Å². The van der Waals surface area contributed by atoms with Crippen LogP contribution in [0.1, 0.15) is 71.1 Å². The lowest BCUT2D eigenvalue weighted by Gasteiger charge is -2.42. The number of amides is 2. The van der Waals surface area contributed by atoms with Gasteiger partial charge in [0.05, 0.1) is 0 Å². The molecular formula is C20H32N2O2. The topological polar surface area (TPSA) is 40.6 Å². The third-order valence-corrected chi connectivity index (χ3v) is 6.78. The Morgan fingerprint density at radius 2 is 1.42 bits per heavy atom. The van der Waals surface area contributed by atoms with Crippen molar-refractivity contribution in [2.75, 3.05) is 13.1 Å². The third kappa shape index (κ3) is 3.34. The summed E-state index contributed by atoms with van der Waals surface area (Å²) in [5.74, 6) is 2.38. The van der Waals surface area contributed by atoms with Crippen LogP contribution in [0.4, 0.5) is 0 Å². The standard InChI is InChI=1S/C20H32N2O2/c1-14(23)22(17-4-2-5-17)18-6-3-12-21(13-11-18)20(24)19(15-7-8-15)16-9-10-16/h15-19H,2-13H2,1H3/t18-/m1/s1. The lowest BCUT2D eigenvalue weighted by molar-refractivity contribution is -0.137. The molecule has 0 bridgehead atoms. The lowest BCUT2D eigenvalue weighted by atomic mass is 9.89. The van der Waals surface area contributed by atoms with E-state index in [4.69, 9.17) is 0 Å². The van der Waals surface area contributed by atoms with Crippen molar-refractivity contribution in [2.24, 2.45) is 17.8 Å². The highest BCUT2D eigenvalue weighted by molar-refractivity contribution is 5.80. The minimum Gasteiger partial charge on any atom is -0.342 e. The molecule has 0 aromatic carbocycles. The van der Waals surface area contributed by atoms with Gasteiger partial charge in [0.25, 0.3) is 0 Å². The summed E-state index contributed by atoms with van der Waals surface area (Å²) in [5, 5.41) is 0. The SMILES string of the molecule is CC(=O)N(C1CCC1)[C@@H]1CCCN(C(=O)C(C2CC2)C2CC2)CC1. The van der Waals surface area contributed by atoms with Gasteiger partial charge in [0.15, 0.2) is 0 Å². The summed E-state index contributed by atoms with van der Waals surface area (Å²) in [6, 6.07) is 0.825. The molecule has 1 atom stereocenters. The van der Waals surface area contributed by atoms with Gasteiger partial charge >= 0.3 is 0 Å². The van der Waals surface area contributed by atoms with E-state index < -0.39 is 0 Å². The van der Waals surface area contributed by atoms with Crippen molar-refractivity contribution in [3.8, 4) is 0 Å². The second-order valence-electron chi connectivity index (χ2n) is 8.62. The van der Waals surface area contributed by atoms with Crippen molar-refractivity contribution in [3.05, 3.63) is 0 Å². The van der Waals surface area contributed by atoms with Gasteiger partial charge in [-0.2, -0.15) is 0 Å². The summed E-state index contributed by atoms with van der Waals surface area (Å²) in [4.78, 5) is 29.5. The van der Waals surface area contributed by atoms with Crippen LogP contribution in [0.5, 0.6) is 0 Å². The summed E-state index contributed by atoms with van der Waals surface area (Å²) in [6.45, 7) is 3.49. The molecule has 134 valence electrons. The Bertz CT molecular complexity index is 482. The first-order valence-electron chi connectivity index (χ1n) is 10.2. The predicted octanol–water partition coefficient (Wildman–Crippen LogP) is 3.20. The van der Waals surface area contributed by atoms with Gasteiger partial charge in [-0.05, 0) is 76.0 Å².